The second-order valence-corrected chi connectivity index (χ2v) is 4.87. The molecule has 0 aliphatic heterocycles. The first-order valence-electron chi connectivity index (χ1n) is 4.77. The van der Waals surface area contributed by atoms with Crippen LogP contribution in [-0.4, -0.2) is 29.0 Å². The molecule has 6 heteroatoms. The summed E-state index contributed by atoms with van der Waals surface area (Å²) >= 11 is 1.34. The van der Waals surface area contributed by atoms with Crippen molar-refractivity contribution in [2.24, 2.45) is 0 Å². The Labute approximate surface area is 97.8 Å². The predicted octanol–water partition coefficient (Wildman–Crippen LogP) is 1.85. The van der Waals surface area contributed by atoms with Crippen LogP contribution in [0.25, 0.3) is 0 Å². The summed E-state index contributed by atoms with van der Waals surface area (Å²) in [6, 6.07) is 0. The molecule has 5 nitrogen and oxygen atoms in total. The third-order valence-electron chi connectivity index (χ3n) is 1.51. The van der Waals surface area contributed by atoms with Gasteiger partial charge in [0.1, 0.15) is 11.3 Å². The number of hydrogen-bond acceptors (Lipinski definition) is 5. The number of thiazole rings is 1. The number of amides is 1. The number of carbonyl (C=O) groups is 2. The summed E-state index contributed by atoms with van der Waals surface area (Å²) in [6.07, 6.45) is -0.601. The molecular formula is C10H14N2O3S. The molecular weight excluding hydrogens is 228 g/mol. The highest BCUT2D eigenvalue weighted by atomic mass is 32.1. The van der Waals surface area contributed by atoms with E-state index in [2.05, 4.69) is 10.3 Å². The minimum absolute atomic E-state index is 0.0986. The Morgan fingerprint density at radius 2 is 2.19 bits per heavy atom. The third-order valence-corrected chi connectivity index (χ3v) is 2.10. The molecule has 0 spiro atoms. The molecule has 1 aromatic heterocycles. The van der Waals surface area contributed by atoms with E-state index in [0.717, 1.165) is 0 Å². The van der Waals surface area contributed by atoms with Gasteiger partial charge in [-0.2, -0.15) is 0 Å². The number of rotatable bonds is 3. The van der Waals surface area contributed by atoms with E-state index in [4.69, 9.17) is 4.74 Å². The molecule has 0 bridgehead atoms. The molecule has 0 saturated heterocycles. The monoisotopic (exact) mass is 242 g/mol. The largest absolute Gasteiger partial charge is 0.444 e. The average molecular weight is 242 g/mol. The van der Waals surface area contributed by atoms with Crippen LogP contribution in [0.3, 0.4) is 0 Å². The van der Waals surface area contributed by atoms with Crippen molar-refractivity contribution in [1.29, 1.82) is 0 Å². The maximum Gasteiger partial charge on any atom is 0.408 e. The van der Waals surface area contributed by atoms with Gasteiger partial charge < -0.3 is 10.1 Å². The van der Waals surface area contributed by atoms with E-state index in [1.165, 1.54) is 11.3 Å². The Hall–Kier alpha value is -1.43. The van der Waals surface area contributed by atoms with E-state index in [-0.39, 0.29) is 12.3 Å². The summed E-state index contributed by atoms with van der Waals surface area (Å²) < 4.78 is 4.99. The van der Waals surface area contributed by atoms with Crippen molar-refractivity contribution in [3.8, 4) is 0 Å². The Bertz CT molecular complexity index is 368. The first-order valence-corrected chi connectivity index (χ1v) is 5.71. The van der Waals surface area contributed by atoms with Gasteiger partial charge in [0.2, 0.25) is 5.78 Å². The molecule has 0 unspecified atom stereocenters. The van der Waals surface area contributed by atoms with Crippen molar-refractivity contribution >= 4 is 23.2 Å². The van der Waals surface area contributed by atoms with Crippen molar-refractivity contribution in [1.82, 2.24) is 10.3 Å². The number of aromatic nitrogens is 1. The van der Waals surface area contributed by atoms with Gasteiger partial charge in [-0.15, -0.1) is 11.3 Å². The Kier molecular flexibility index (Phi) is 4.00. The number of hydrogen-bond donors (Lipinski definition) is 1. The summed E-state index contributed by atoms with van der Waals surface area (Å²) in [5, 5.41) is 4.02. The Morgan fingerprint density at radius 3 is 2.69 bits per heavy atom. The van der Waals surface area contributed by atoms with Gasteiger partial charge >= 0.3 is 6.09 Å². The molecule has 88 valence electrons. The van der Waals surface area contributed by atoms with Gasteiger partial charge in [-0.05, 0) is 20.8 Å². The van der Waals surface area contributed by atoms with Crippen molar-refractivity contribution in [3.05, 3.63) is 16.6 Å². The van der Waals surface area contributed by atoms with E-state index < -0.39 is 11.7 Å². The lowest BCUT2D eigenvalue weighted by molar-refractivity contribution is 0.0520. The van der Waals surface area contributed by atoms with E-state index in [9.17, 15) is 9.59 Å². The van der Waals surface area contributed by atoms with Gasteiger partial charge in [-0.25, -0.2) is 9.78 Å². The molecule has 0 saturated carbocycles. The van der Waals surface area contributed by atoms with Crippen LogP contribution in [0.1, 0.15) is 31.3 Å². The number of nitrogens with zero attached hydrogens (tertiary/aromatic N) is 1. The summed E-state index contributed by atoms with van der Waals surface area (Å²) in [6.45, 7) is 5.18. The predicted molar refractivity (Wildman–Crippen MR) is 60.7 cm³/mol. The highest BCUT2D eigenvalue weighted by molar-refractivity contribution is 7.07. The fourth-order valence-corrected chi connectivity index (χ4v) is 1.46. The minimum Gasteiger partial charge on any atom is -0.444 e. The lowest BCUT2D eigenvalue weighted by Crippen LogP contribution is -2.35. The summed E-state index contributed by atoms with van der Waals surface area (Å²) in [7, 11) is 0. The molecule has 1 N–H and O–H groups in total. The molecule has 1 heterocycles. The normalized spacial score (nSPS) is 10.9. The van der Waals surface area contributed by atoms with E-state index in [1.807, 2.05) is 0 Å². The van der Waals surface area contributed by atoms with E-state index >= 15 is 0 Å². The maximum atomic E-state index is 11.4. The zero-order chi connectivity index (χ0) is 12.2. The molecule has 1 rings (SSSR count). The van der Waals surface area contributed by atoms with Crippen molar-refractivity contribution in [2.75, 3.05) is 6.54 Å². The van der Waals surface area contributed by atoms with E-state index in [1.54, 1.807) is 31.7 Å². The zero-order valence-corrected chi connectivity index (χ0v) is 10.3. The van der Waals surface area contributed by atoms with Gasteiger partial charge in [0.25, 0.3) is 0 Å². The standard InChI is InChI=1S/C10H14N2O3S/c1-10(2,3)15-9(14)11-4-8(13)7-5-16-6-12-7/h5-6H,4H2,1-3H3,(H,11,14). The Morgan fingerprint density at radius 1 is 1.50 bits per heavy atom. The second-order valence-electron chi connectivity index (χ2n) is 4.15. The topological polar surface area (TPSA) is 68.3 Å². The molecule has 0 aliphatic carbocycles. The van der Waals surface area contributed by atoms with Crippen LogP contribution in [-0.2, 0) is 4.74 Å². The second kappa shape index (κ2) is 5.07. The smallest absolute Gasteiger partial charge is 0.408 e. The maximum absolute atomic E-state index is 11.4. The van der Waals surface area contributed by atoms with Gasteiger partial charge in [-0.3, -0.25) is 4.79 Å². The van der Waals surface area contributed by atoms with Crippen molar-refractivity contribution in [3.63, 3.8) is 0 Å². The van der Waals surface area contributed by atoms with Crippen LogP contribution in [0.4, 0.5) is 4.79 Å². The summed E-state index contributed by atoms with van der Waals surface area (Å²) in [5.41, 5.74) is 1.37. The quantitative estimate of drug-likeness (QED) is 0.821. The van der Waals surface area contributed by atoms with Gasteiger partial charge in [0.15, 0.2) is 0 Å². The minimum atomic E-state index is -0.601. The van der Waals surface area contributed by atoms with Crippen LogP contribution in [0.5, 0.6) is 0 Å². The summed E-state index contributed by atoms with van der Waals surface area (Å²) in [4.78, 5) is 26.5. The number of ether oxygens (including phenoxy) is 1. The molecule has 1 aromatic rings. The molecule has 0 aliphatic rings. The molecule has 1 amide bonds. The first kappa shape index (κ1) is 12.6. The van der Waals surface area contributed by atoms with Crippen LogP contribution in [0.2, 0.25) is 0 Å². The van der Waals surface area contributed by atoms with Crippen LogP contribution >= 0.6 is 11.3 Å². The number of carbonyl (C=O) groups excluding carboxylic acids is 2. The lowest BCUT2D eigenvalue weighted by atomic mass is 10.2. The van der Waals surface area contributed by atoms with E-state index in [0.29, 0.717) is 5.69 Å². The van der Waals surface area contributed by atoms with Gasteiger partial charge in [0.05, 0.1) is 12.1 Å². The fourth-order valence-electron chi connectivity index (χ4n) is 0.907. The highest BCUT2D eigenvalue weighted by Gasteiger charge is 2.17. The highest BCUT2D eigenvalue weighted by Crippen LogP contribution is 2.06. The molecule has 0 aromatic carbocycles. The van der Waals surface area contributed by atoms with Gasteiger partial charge in [0, 0.05) is 5.38 Å². The first-order chi connectivity index (χ1) is 7.38. The number of alkyl carbamates (subject to hydrolysis) is 1. The third kappa shape index (κ3) is 4.39. The fraction of sp³-hybridized carbons (Fsp3) is 0.500. The molecule has 0 atom stereocenters. The van der Waals surface area contributed by atoms with Crippen molar-refractivity contribution < 1.29 is 14.3 Å². The van der Waals surface area contributed by atoms with Crippen molar-refractivity contribution in [2.45, 2.75) is 26.4 Å². The number of ketones is 1. The summed E-state index contributed by atoms with van der Waals surface area (Å²) in [5.74, 6) is -0.230. The Balaban J connectivity index is 2.35. The van der Waals surface area contributed by atoms with Crippen LogP contribution < -0.4 is 5.32 Å². The van der Waals surface area contributed by atoms with Gasteiger partial charge in [-0.1, -0.05) is 0 Å². The SMILES string of the molecule is CC(C)(C)OC(=O)NCC(=O)c1cscn1. The molecule has 16 heavy (non-hydrogen) atoms. The lowest BCUT2D eigenvalue weighted by Gasteiger charge is -2.19. The number of Topliss-reactive ketones (excluding diaryl/α,β-unsaturated/α-hetero) is 1. The van der Waals surface area contributed by atoms with Crippen LogP contribution in [0.15, 0.2) is 10.9 Å². The average Bonchev–Trinajstić information content (AvgIpc) is 2.64. The molecule has 0 fully saturated rings. The number of nitrogens with one attached hydrogen (secondary N) is 1. The van der Waals surface area contributed by atoms with Crippen LogP contribution in [0, 0.1) is 0 Å². The molecule has 0 radical (unpaired) electrons. The zero-order valence-electron chi connectivity index (χ0n) is 9.44.